The van der Waals surface area contributed by atoms with E-state index in [9.17, 15) is 13.0 Å². The summed E-state index contributed by atoms with van der Waals surface area (Å²) in [5.41, 5.74) is 2.87. The first kappa shape index (κ1) is 16.0. The maximum absolute atomic E-state index is 11.8. The molecule has 0 saturated carbocycles. The van der Waals surface area contributed by atoms with Gasteiger partial charge in [-0.15, -0.1) is 0 Å². The Morgan fingerprint density at radius 3 is 2.39 bits per heavy atom. The lowest BCUT2D eigenvalue weighted by Crippen LogP contribution is -2.02. The quantitative estimate of drug-likeness (QED) is 0.662. The molecule has 0 atom stereocenters. The molecule has 23 heavy (non-hydrogen) atoms. The van der Waals surface area contributed by atoms with Crippen LogP contribution in [0.4, 0.5) is 0 Å². The molecule has 0 saturated heterocycles. The molecule has 118 valence electrons. The van der Waals surface area contributed by atoms with E-state index < -0.39 is 10.1 Å². The molecule has 0 aromatic heterocycles. The van der Waals surface area contributed by atoms with Gasteiger partial charge in [0.15, 0.2) is 0 Å². The van der Waals surface area contributed by atoms with E-state index in [1.54, 1.807) is 12.1 Å². The molecule has 0 aliphatic rings. The average Bonchev–Trinajstić information content (AvgIpc) is 2.47. The number of fused-ring (bicyclic) bond motifs is 1. The number of halogens is 1. The average molecular weight is 347 g/mol. The van der Waals surface area contributed by atoms with Crippen LogP contribution >= 0.6 is 11.6 Å². The van der Waals surface area contributed by atoms with Crippen molar-refractivity contribution in [3.63, 3.8) is 0 Å². The zero-order chi connectivity index (χ0) is 16.8. The van der Waals surface area contributed by atoms with Gasteiger partial charge >= 0.3 is 0 Å². The Balaban J connectivity index is 2.52. The van der Waals surface area contributed by atoms with Crippen molar-refractivity contribution < 1.29 is 13.0 Å². The molecule has 3 rings (SSSR count). The number of aryl methyl sites for hydroxylation is 1. The van der Waals surface area contributed by atoms with Crippen LogP contribution in [0.5, 0.6) is 0 Å². The van der Waals surface area contributed by atoms with Crippen molar-refractivity contribution in [1.29, 1.82) is 0 Å². The molecule has 0 heterocycles. The van der Waals surface area contributed by atoms with Gasteiger partial charge in [-0.3, -0.25) is 4.55 Å². The molecule has 0 radical (unpaired) electrons. The fourth-order valence-corrected chi connectivity index (χ4v) is 3.72. The van der Waals surface area contributed by atoms with Gasteiger partial charge < -0.3 is 0 Å². The van der Waals surface area contributed by atoms with E-state index in [-0.39, 0.29) is 4.90 Å². The molecule has 3 nitrogen and oxygen atoms in total. The van der Waals surface area contributed by atoms with Crippen LogP contribution < -0.4 is 0 Å². The van der Waals surface area contributed by atoms with Gasteiger partial charge in [0.2, 0.25) is 0 Å². The molecule has 0 fully saturated rings. The van der Waals surface area contributed by atoms with E-state index in [1.165, 1.54) is 6.07 Å². The van der Waals surface area contributed by atoms with E-state index >= 15 is 0 Å². The fourth-order valence-electron chi connectivity index (χ4n) is 2.83. The summed E-state index contributed by atoms with van der Waals surface area (Å²) in [4.78, 5) is -0.112. The van der Waals surface area contributed by atoms with Gasteiger partial charge in [0.25, 0.3) is 10.1 Å². The lowest BCUT2D eigenvalue weighted by Gasteiger charge is -2.15. The smallest absolute Gasteiger partial charge is 0.282 e. The predicted molar refractivity (Wildman–Crippen MR) is 93.7 cm³/mol. The van der Waals surface area contributed by atoms with E-state index in [0.29, 0.717) is 10.6 Å². The topological polar surface area (TPSA) is 54.4 Å². The van der Waals surface area contributed by atoms with Crippen LogP contribution in [0, 0.1) is 13.8 Å². The Morgan fingerprint density at radius 1 is 1.00 bits per heavy atom. The third-order valence-corrected chi connectivity index (χ3v) is 5.23. The molecule has 0 bridgehead atoms. The summed E-state index contributed by atoms with van der Waals surface area (Å²) in [6.07, 6.45) is 0. The Bertz CT molecular complexity index is 1020. The van der Waals surface area contributed by atoms with E-state index in [1.807, 2.05) is 44.2 Å². The predicted octanol–water partition coefficient (Wildman–Crippen LogP) is 5.02. The summed E-state index contributed by atoms with van der Waals surface area (Å²) in [6, 6.07) is 14.3. The van der Waals surface area contributed by atoms with Crippen molar-refractivity contribution in [1.82, 2.24) is 0 Å². The second-order valence-electron chi connectivity index (χ2n) is 5.55. The monoisotopic (exact) mass is 346 g/mol. The third-order valence-electron chi connectivity index (χ3n) is 3.93. The second-order valence-corrected chi connectivity index (χ2v) is 7.35. The highest BCUT2D eigenvalue weighted by Gasteiger charge is 2.20. The first-order valence-corrected chi connectivity index (χ1v) is 8.87. The lowest BCUT2D eigenvalue weighted by molar-refractivity contribution is 0.483. The zero-order valence-electron chi connectivity index (χ0n) is 12.7. The first-order chi connectivity index (χ1) is 10.8. The van der Waals surface area contributed by atoms with Crippen LogP contribution in [-0.2, 0) is 10.1 Å². The molecule has 5 heteroatoms. The van der Waals surface area contributed by atoms with Gasteiger partial charge in [-0.25, -0.2) is 0 Å². The molecular weight excluding hydrogens is 332 g/mol. The number of rotatable bonds is 2. The largest absolute Gasteiger partial charge is 0.295 e. The highest BCUT2D eigenvalue weighted by molar-refractivity contribution is 7.86. The van der Waals surface area contributed by atoms with Crippen molar-refractivity contribution in [2.24, 2.45) is 0 Å². The van der Waals surface area contributed by atoms with Gasteiger partial charge in [-0.2, -0.15) is 8.42 Å². The molecule has 3 aromatic rings. The lowest BCUT2D eigenvalue weighted by atomic mass is 9.93. The van der Waals surface area contributed by atoms with Crippen molar-refractivity contribution in [3.05, 3.63) is 64.7 Å². The summed E-state index contributed by atoms with van der Waals surface area (Å²) in [5.74, 6) is 0. The molecule has 0 spiro atoms. The number of hydrogen-bond acceptors (Lipinski definition) is 2. The van der Waals surface area contributed by atoms with Crippen LogP contribution in [0.25, 0.3) is 21.9 Å². The SMILES string of the molecule is Cc1ccc(S(=O)(=O)O)c(-c2c(C)c(Cl)cc3ccccc23)c1. The second kappa shape index (κ2) is 5.64. The van der Waals surface area contributed by atoms with Crippen LogP contribution in [0.1, 0.15) is 11.1 Å². The van der Waals surface area contributed by atoms with Crippen LogP contribution in [0.3, 0.4) is 0 Å². The summed E-state index contributed by atoms with van der Waals surface area (Å²) in [5, 5.41) is 2.37. The van der Waals surface area contributed by atoms with E-state index in [0.717, 1.165) is 27.5 Å². The molecule has 0 aliphatic heterocycles. The highest BCUT2D eigenvalue weighted by Crippen LogP contribution is 2.39. The van der Waals surface area contributed by atoms with Crippen molar-refractivity contribution in [2.75, 3.05) is 0 Å². The zero-order valence-corrected chi connectivity index (χ0v) is 14.2. The molecule has 3 aromatic carbocycles. The third kappa shape index (κ3) is 2.85. The Hall–Kier alpha value is -1.88. The Kier molecular flexibility index (Phi) is 3.92. The minimum absolute atomic E-state index is 0.112. The fraction of sp³-hybridized carbons (Fsp3) is 0.111. The van der Waals surface area contributed by atoms with E-state index in [4.69, 9.17) is 11.6 Å². The highest BCUT2D eigenvalue weighted by atomic mass is 35.5. The summed E-state index contributed by atoms with van der Waals surface area (Å²) in [6.45, 7) is 3.72. The summed E-state index contributed by atoms with van der Waals surface area (Å²) in [7, 11) is -4.34. The molecular formula is C18H15ClO3S. The van der Waals surface area contributed by atoms with E-state index in [2.05, 4.69) is 0 Å². The molecule has 0 amide bonds. The van der Waals surface area contributed by atoms with Crippen molar-refractivity contribution in [2.45, 2.75) is 18.7 Å². The molecule has 0 unspecified atom stereocenters. The summed E-state index contributed by atoms with van der Waals surface area (Å²) < 4.78 is 33.2. The number of hydrogen-bond donors (Lipinski definition) is 1. The number of benzene rings is 3. The minimum atomic E-state index is -4.34. The van der Waals surface area contributed by atoms with Crippen LogP contribution in [-0.4, -0.2) is 13.0 Å². The maximum atomic E-state index is 11.8. The Morgan fingerprint density at radius 2 is 1.70 bits per heavy atom. The first-order valence-electron chi connectivity index (χ1n) is 7.05. The van der Waals surface area contributed by atoms with Crippen molar-refractivity contribution >= 4 is 32.5 Å². The van der Waals surface area contributed by atoms with Crippen LogP contribution in [0.2, 0.25) is 5.02 Å². The van der Waals surface area contributed by atoms with Gasteiger partial charge in [-0.1, -0.05) is 53.6 Å². The van der Waals surface area contributed by atoms with Crippen LogP contribution in [0.15, 0.2) is 53.4 Å². The molecule has 0 aliphatic carbocycles. The standard InChI is InChI=1S/C18H15ClO3S/c1-11-7-8-17(23(20,21)22)15(9-11)18-12(2)16(19)10-13-5-3-4-6-14(13)18/h3-10H,1-2H3,(H,20,21,22). The van der Waals surface area contributed by atoms with Gasteiger partial charge in [0, 0.05) is 10.6 Å². The Labute approximate surface area is 140 Å². The summed E-state index contributed by atoms with van der Waals surface area (Å²) >= 11 is 6.34. The maximum Gasteiger partial charge on any atom is 0.295 e. The van der Waals surface area contributed by atoms with Crippen molar-refractivity contribution in [3.8, 4) is 11.1 Å². The van der Waals surface area contributed by atoms with Gasteiger partial charge in [-0.05, 0) is 47.9 Å². The molecule has 1 N–H and O–H groups in total. The normalized spacial score (nSPS) is 11.8. The minimum Gasteiger partial charge on any atom is -0.282 e. The van der Waals surface area contributed by atoms with Gasteiger partial charge in [0.1, 0.15) is 4.90 Å². The van der Waals surface area contributed by atoms with Gasteiger partial charge in [0.05, 0.1) is 0 Å².